The molecule has 0 bridgehead atoms. The van der Waals surface area contributed by atoms with Gasteiger partial charge in [-0.1, -0.05) is 23.2 Å². The van der Waals surface area contributed by atoms with E-state index in [2.05, 4.69) is 0 Å². The summed E-state index contributed by atoms with van der Waals surface area (Å²) in [6.07, 6.45) is 2.48. The number of carbonyl (C=O) groups is 1. The molecular formula is C21H22Cl2N3O6PS. The number of likely N-dealkylation sites (tertiary alicyclic amines) is 1. The van der Waals surface area contributed by atoms with Gasteiger partial charge in [-0.15, -0.1) is 0 Å². The van der Waals surface area contributed by atoms with E-state index in [9.17, 15) is 27.6 Å². The highest BCUT2D eigenvalue weighted by molar-refractivity contribution is 7.93. The van der Waals surface area contributed by atoms with Gasteiger partial charge in [0, 0.05) is 41.8 Å². The molecule has 9 nitrogen and oxygen atoms in total. The lowest BCUT2D eigenvalue weighted by Crippen LogP contribution is -2.32. The van der Waals surface area contributed by atoms with Crippen molar-refractivity contribution in [2.45, 2.75) is 17.7 Å². The Morgan fingerprint density at radius 1 is 1.09 bits per heavy atom. The molecular weight excluding hydrogens is 524 g/mol. The molecule has 1 amide bonds. The number of sulfonamides is 1. The van der Waals surface area contributed by atoms with Crippen molar-refractivity contribution in [2.24, 2.45) is 7.05 Å². The number of benzene rings is 2. The van der Waals surface area contributed by atoms with Gasteiger partial charge in [0.25, 0.3) is 15.9 Å². The predicted molar refractivity (Wildman–Crippen MR) is 131 cm³/mol. The summed E-state index contributed by atoms with van der Waals surface area (Å²) in [5.74, 6) is -0.107. The van der Waals surface area contributed by atoms with E-state index in [-0.39, 0.29) is 26.5 Å². The van der Waals surface area contributed by atoms with Crippen LogP contribution in [0.1, 0.15) is 23.2 Å². The molecule has 0 unspecified atom stereocenters. The smallest absolute Gasteiger partial charge is 0.345 e. The van der Waals surface area contributed by atoms with Crippen LogP contribution in [0.25, 0.3) is 10.9 Å². The lowest BCUT2D eigenvalue weighted by Gasteiger charge is -2.25. The number of fused-ring (bicyclic) bond motifs is 1. The number of aryl methyl sites for hydroxylation is 1. The van der Waals surface area contributed by atoms with E-state index in [0.717, 1.165) is 25.0 Å². The summed E-state index contributed by atoms with van der Waals surface area (Å²) >= 11 is 11.9. The van der Waals surface area contributed by atoms with Gasteiger partial charge in [0.2, 0.25) is 0 Å². The molecule has 34 heavy (non-hydrogen) atoms. The molecule has 4 rings (SSSR count). The number of nitrogens with zero attached hydrogens (tertiary/aromatic N) is 3. The number of anilines is 1. The van der Waals surface area contributed by atoms with Crippen molar-refractivity contribution >= 4 is 63.3 Å². The highest BCUT2D eigenvalue weighted by atomic mass is 35.5. The average Bonchev–Trinajstić information content (AvgIpc) is 3.38. The van der Waals surface area contributed by atoms with Gasteiger partial charge in [0.05, 0.1) is 21.7 Å². The van der Waals surface area contributed by atoms with Gasteiger partial charge >= 0.3 is 7.60 Å². The van der Waals surface area contributed by atoms with Crippen LogP contribution >= 0.6 is 30.8 Å². The van der Waals surface area contributed by atoms with Crippen molar-refractivity contribution in [3.8, 4) is 0 Å². The third-order valence-corrected chi connectivity index (χ3v) is 8.65. The normalized spacial score (nSPS) is 14.7. The Hall–Kier alpha value is -2.07. The number of rotatable bonds is 6. The maximum Gasteiger partial charge on any atom is 0.345 e. The van der Waals surface area contributed by atoms with Gasteiger partial charge in [0.1, 0.15) is 6.29 Å². The fourth-order valence-corrected chi connectivity index (χ4v) is 7.47. The molecule has 1 saturated heterocycles. The lowest BCUT2D eigenvalue weighted by atomic mass is 10.1. The molecule has 1 aromatic heterocycles. The first-order chi connectivity index (χ1) is 15.9. The second-order valence-electron chi connectivity index (χ2n) is 8.12. The number of carbonyl (C=O) groups excluding carboxylic acids is 1. The summed E-state index contributed by atoms with van der Waals surface area (Å²) in [5.41, 5.74) is 1.04. The van der Waals surface area contributed by atoms with Gasteiger partial charge in [0.15, 0.2) is 0 Å². The van der Waals surface area contributed by atoms with Crippen LogP contribution in [0.4, 0.5) is 5.69 Å². The van der Waals surface area contributed by atoms with Crippen molar-refractivity contribution in [3.63, 3.8) is 0 Å². The van der Waals surface area contributed by atoms with Crippen LogP contribution in [-0.4, -0.2) is 53.0 Å². The summed E-state index contributed by atoms with van der Waals surface area (Å²) in [6, 6.07) is 8.15. The van der Waals surface area contributed by atoms with Gasteiger partial charge in [-0.3, -0.25) is 13.7 Å². The first-order valence-electron chi connectivity index (χ1n) is 10.3. The SMILES string of the molecule is Cn1cc(C(=O)N2CCCC2)c2ccc(N(CP(=O)(O)O)S(=O)(=O)c3cc(Cl)cc(Cl)c3)cc21. The first-order valence-corrected chi connectivity index (χ1v) is 14.3. The maximum atomic E-state index is 13.4. The van der Waals surface area contributed by atoms with Crippen LogP contribution < -0.4 is 4.31 Å². The van der Waals surface area contributed by atoms with E-state index in [1.54, 1.807) is 28.8 Å². The summed E-state index contributed by atoms with van der Waals surface area (Å²) < 4.78 is 41.0. The number of halogens is 2. The lowest BCUT2D eigenvalue weighted by molar-refractivity contribution is 0.0794. The minimum absolute atomic E-state index is 0.0216. The van der Waals surface area contributed by atoms with E-state index in [1.165, 1.54) is 18.2 Å². The number of hydrogen-bond acceptors (Lipinski definition) is 4. The summed E-state index contributed by atoms with van der Waals surface area (Å²) in [4.78, 5) is 33.7. The second kappa shape index (κ2) is 9.18. The van der Waals surface area contributed by atoms with E-state index < -0.39 is 23.9 Å². The summed E-state index contributed by atoms with van der Waals surface area (Å²) in [5, 5.41) is 0.734. The Morgan fingerprint density at radius 2 is 1.71 bits per heavy atom. The number of amides is 1. The Labute approximate surface area is 206 Å². The van der Waals surface area contributed by atoms with Crippen LogP contribution in [0.15, 0.2) is 47.5 Å². The Bertz CT molecular complexity index is 1410. The van der Waals surface area contributed by atoms with E-state index in [4.69, 9.17) is 23.2 Å². The zero-order valence-corrected chi connectivity index (χ0v) is 21.3. The molecule has 1 aliphatic rings. The van der Waals surface area contributed by atoms with Crippen LogP contribution in [0.2, 0.25) is 10.0 Å². The summed E-state index contributed by atoms with van der Waals surface area (Å²) in [7, 11) is -7.55. The topological polar surface area (TPSA) is 120 Å². The Balaban J connectivity index is 1.83. The predicted octanol–water partition coefficient (Wildman–Crippen LogP) is 4.05. The fraction of sp³-hybridized carbons (Fsp3) is 0.286. The minimum atomic E-state index is -4.81. The van der Waals surface area contributed by atoms with Crippen molar-refractivity contribution in [1.29, 1.82) is 0 Å². The van der Waals surface area contributed by atoms with Crippen LogP contribution in [-0.2, 0) is 21.6 Å². The molecule has 182 valence electrons. The van der Waals surface area contributed by atoms with Crippen LogP contribution in [0, 0.1) is 0 Å². The average molecular weight is 546 g/mol. The molecule has 1 fully saturated rings. The van der Waals surface area contributed by atoms with E-state index in [1.807, 2.05) is 0 Å². The first kappa shape index (κ1) is 25.0. The van der Waals surface area contributed by atoms with E-state index in [0.29, 0.717) is 33.9 Å². The molecule has 13 heteroatoms. The zero-order valence-electron chi connectivity index (χ0n) is 18.1. The van der Waals surface area contributed by atoms with Crippen molar-refractivity contribution in [3.05, 3.63) is 58.2 Å². The molecule has 1 aliphatic heterocycles. The highest BCUT2D eigenvalue weighted by Gasteiger charge is 2.32. The fourth-order valence-electron chi connectivity index (χ4n) is 4.06. The zero-order chi connectivity index (χ0) is 24.8. The van der Waals surface area contributed by atoms with Crippen LogP contribution in [0.5, 0.6) is 0 Å². The molecule has 2 aromatic carbocycles. The Morgan fingerprint density at radius 3 is 2.29 bits per heavy atom. The molecule has 0 spiro atoms. The third-order valence-electron chi connectivity index (χ3n) is 5.62. The molecule has 2 heterocycles. The molecule has 3 aromatic rings. The molecule has 0 radical (unpaired) electrons. The molecule has 0 aliphatic carbocycles. The minimum Gasteiger partial charge on any atom is -0.350 e. The van der Waals surface area contributed by atoms with Crippen LogP contribution in [0.3, 0.4) is 0 Å². The van der Waals surface area contributed by atoms with Gasteiger partial charge in [-0.2, -0.15) is 0 Å². The highest BCUT2D eigenvalue weighted by Crippen LogP contribution is 2.41. The quantitative estimate of drug-likeness (QED) is 0.451. The van der Waals surface area contributed by atoms with Crippen molar-refractivity contribution in [2.75, 3.05) is 23.7 Å². The van der Waals surface area contributed by atoms with E-state index >= 15 is 0 Å². The summed E-state index contributed by atoms with van der Waals surface area (Å²) in [6.45, 7) is 1.37. The third kappa shape index (κ3) is 4.98. The molecule has 2 N–H and O–H groups in total. The number of hydrogen-bond donors (Lipinski definition) is 2. The molecule has 0 atom stereocenters. The Kier molecular flexibility index (Phi) is 6.76. The number of aromatic nitrogens is 1. The maximum absolute atomic E-state index is 13.4. The van der Waals surface area contributed by atoms with Crippen molar-refractivity contribution < 1.29 is 27.6 Å². The second-order valence-corrected chi connectivity index (χ2v) is 12.5. The molecule has 0 saturated carbocycles. The standard InChI is InChI=1S/C21H22Cl2N3O6PS/c1-24-12-19(21(27)25-6-2-3-7-25)18-5-4-16(11-20(18)24)26(13-33(28,29)30)34(31,32)17-9-14(22)8-15(23)10-17/h4-5,8-12H,2-3,6-7,13H2,1H3,(H2,28,29,30). The van der Waals surface area contributed by atoms with Crippen molar-refractivity contribution in [1.82, 2.24) is 9.47 Å². The van der Waals surface area contributed by atoms with Gasteiger partial charge in [-0.05, 0) is 49.2 Å². The monoisotopic (exact) mass is 545 g/mol. The largest absolute Gasteiger partial charge is 0.350 e. The van der Waals surface area contributed by atoms with Gasteiger partial charge in [-0.25, -0.2) is 8.42 Å². The van der Waals surface area contributed by atoms with Gasteiger partial charge < -0.3 is 19.3 Å².